The monoisotopic (exact) mass is 284 g/mol. The summed E-state index contributed by atoms with van der Waals surface area (Å²) in [5, 5.41) is 10.6. The standard InChI is InChI=1S/C13H10Cl2OS/c14-10-5-1-2-7-12(10)17-13-9(8-16)4-3-6-11(13)15/h1-7,16H,8H2. The molecule has 1 N–H and O–H groups in total. The molecule has 0 aliphatic rings. The number of aliphatic hydroxyl groups excluding tert-OH is 1. The van der Waals surface area contributed by atoms with Gasteiger partial charge in [0.15, 0.2) is 0 Å². The zero-order valence-corrected chi connectivity index (χ0v) is 11.2. The second-order valence-corrected chi connectivity index (χ2v) is 5.29. The predicted molar refractivity (Wildman–Crippen MR) is 72.9 cm³/mol. The number of hydrogen-bond donors (Lipinski definition) is 1. The summed E-state index contributed by atoms with van der Waals surface area (Å²) in [6, 6.07) is 13.0. The minimum atomic E-state index is -0.0344. The van der Waals surface area contributed by atoms with E-state index in [9.17, 15) is 5.11 Å². The lowest BCUT2D eigenvalue weighted by molar-refractivity contribution is 0.279. The van der Waals surface area contributed by atoms with Crippen LogP contribution in [0, 0.1) is 0 Å². The smallest absolute Gasteiger partial charge is 0.0693 e. The summed E-state index contributed by atoms with van der Waals surface area (Å²) in [7, 11) is 0. The fourth-order valence-electron chi connectivity index (χ4n) is 1.43. The molecule has 0 radical (unpaired) electrons. The van der Waals surface area contributed by atoms with E-state index in [1.165, 1.54) is 11.8 Å². The van der Waals surface area contributed by atoms with Crippen LogP contribution in [0.4, 0.5) is 0 Å². The molecule has 0 amide bonds. The highest BCUT2D eigenvalue weighted by atomic mass is 35.5. The van der Waals surface area contributed by atoms with E-state index in [-0.39, 0.29) is 6.61 Å². The van der Waals surface area contributed by atoms with Crippen molar-refractivity contribution in [2.45, 2.75) is 16.4 Å². The molecular weight excluding hydrogens is 275 g/mol. The second kappa shape index (κ2) is 5.78. The maximum absolute atomic E-state index is 9.29. The molecule has 0 heterocycles. The van der Waals surface area contributed by atoms with Gasteiger partial charge in [0, 0.05) is 9.79 Å². The first-order valence-electron chi connectivity index (χ1n) is 5.03. The van der Waals surface area contributed by atoms with Crippen molar-refractivity contribution in [3.05, 3.63) is 58.1 Å². The maximum Gasteiger partial charge on any atom is 0.0693 e. The summed E-state index contributed by atoms with van der Waals surface area (Å²) in [6.45, 7) is -0.0344. The molecule has 17 heavy (non-hydrogen) atoms. The van der Waals surface area contributed by atoms with Gasteiger partial charge in [-0.3, -0.25) is 0 Å². The molecule has 0 aromatic heterocycles. The summed E-state index contributed by atoms with van der Waals surface area (Å²) in [6.07, 6.45) is 0. The van der Waals surface area contributed by atoms with Gasteiger partial charge in [-0.2, -0.15) is 0 Å². The van der Waals surface area contributed by atoms with Crippen LogP contribution in [0.2, 0.25) is 10.0 Å². The molecule has 0 saturated carbocycles. The lowest BCUT2D eigenvalue weighted by atomic mass is 10.2. The van der Waals surface area contributed by atoms with E-state index in [1.54, 1.807) is 6.07 Å². The molecule has 0 spiro atoms. The minimum Gasteiger partial charge on any atom is -0.392 e. The van der Waals surface area contributed by atoms with Crippen molar-refractivity contribution in [2.24, 2.45) is 0 Å². The quantitative estimate of drug-likeness (QED) is 0.886. The molecule has 0 fully saturated rings. The van der Waals surface area contributed by atoms with E-state index in [4.69, 9.17) is 23.2 Å². The van der Waals surface area contributed by atoms with Crippen LogP contribution in [0.15, 0.2) is 52.3 Å². The molecule has 0 saturated heterocycles. The Morgan fingerprint density at radius 2 is 1.65 bits per heavy atom. The first-order chi connectivity index (χ1) is 8.22. The van der Waals surface area contributed by atoms with Crippen LogP contribution in [-0.2, 0) is 6.61 Å². The SMILES string of the molecule is OCc1cccc(Cl)c1Sc1ccccc1Cl. The Kier molecular flexibility index (Phi) is 4.35. The lowest BCUT2D eigenvalue weighted by Gasteiger charge is -2.09. The third-order valence-corrected chi connectivity index (χ3v) is 4.40. The summed E-state index contributed by atoms with van der Waals surface area (Å²) in [4.78, 5) is 1.78. The molecule has 0 atom stereocenters. The number of benzene rings is 2. The zero-order valence-electron chi connectivity index (χ0n) is 8.86. The van der Waals surface area contributed by atoms with Gasteiger partial charge in [0.25, 0.3) is 0 Å². The maximum atomic E-state index is 9.29. The van der Waals surface area contributed by atoms with Crippen molar-refractivity contribution in [2.75, 3.05) is 0 Å². The minimum absolute atomic E-state index is 0.0344. The predicted octanol–water partition coefficient (Wildman–Crippen LogP) is 4.64. The average Bonchev–Trinajstić information content (AvgIpc) is 2.34. The van der Waals surface area contributed by atoms with Crippen LogP contribution in [-0.4, -0.2) is 5.11 Å². The van der Waals surface area contributed by atoms with E-state index in [0.717, 1.165) is 15.4 Å². The third kappa shape index (κ3) is 2.96. The normalized spacial score (nSPS) is 10.5. The van der Waals surface area contributed by atoms with Crippen LogP contribution in [0.25, 0.3) is 0 Å². The highest BCUT2D eigenvalue weighted by molar-refractivity contribution is 7.99. The van der Waals surface area contributed by atoms with Crippen LogP contribution >= 0.6 is 35.0 Å². The average molecular weight is 285 g/mol. The van der Waals surface area contributed by atoms with Crippen molar-refractivity contribution >= 4 is 35.0 Å². The highest BCUT2D eigenvalue weighted by Crippen LogP contribution is 2.38. The largest absolute Gasteiger partial charge is 0.392 e. The van der Waals surface area contributed by atoms with Crippen molar-refractivity contribution in [1.82, 2.24) is 0 Å². The van der Waals surface area contributed by atoms with E-state index in [0.29, 0.717) is 10.0 Å². The van der Waals surface area contributed by atoms with Crippen LogP contribution < -0.4 is 0 Å². The Labute approximate surface area is 114 Å². The lowest BCUT2D eigenvalue weighted by Crippen LogP contribution is -1.88. The molecule has 2 aromatic rings. The number of aliphatic hydroxyl groups is 1. The number of halogens is 2. The Balaban J connectivity index is 2.39. The summed E-state index contributed by atoms with van der Waals surface area (Å²) in [5.74, 6) is 0. The van der Waals surface area contributed by atoms with Gasteiger partial charge in [-0.15, -0.1) is 0 Å². The van der Waals surface area contributed by atoms with Gasteiger partial charge in [0.05, 0.1) is 16.7 Å². The first-order valence-corrected chi connectivity index (χ1v) is 6.60. The fraction of sp³-hybridized carbons (Fsp3) is 0.0769. The number of hydrogen-bond acceptors (Lipinski definition) is 2. The van der Waals surface area contributed by atoms with Crippen molar-refractivity contribution in [1.29, 1.82) is 0 Å². The Hall–Kier alpha value is -0.670. The summed E-state index contributed by atoms with van der Waals surface area (Å²) < 4.78 is 0. The van der Waals surface area contributed by atoms with E-state index in [1.807, 2.05) is 36.4 Å². The topological polar surface area (TPSA) is 20.2 Å². The van der Waals surface area contributed by atoms with E-state index >= 15 is 0 Å². The molecule has 0 aliphatic heterocycles. The van der Waals surface area contributed by atoms with E-state index < -0.39 is 0 Å². The van der Waals surface area contributed by atoms with Gasteiger partial charge >= 0.3 is 0 Å². The third-order valence-electron chi connectivity index (χ3n) is 2.27. The van der Waals surface area contributed by atoms with Crippen LogP contribution in [0.5, 0.6) is 0 Å². The van der Waals surface area contributed by atoms with Gasteiger partial charge in [-0.25, -0.2) is 0 Å². The van der Waals surface area contributed by atoms with Gasteiger partial charge < -0.3 is 5.11 Å². The molecule has 0 bridgehead atoms. The van der Waals surface area contributed by atoms with Crippen molar-refractivity contribution in [3.8, 4) is 0 Å². The number of rotatable bonds is 3. The molecule has 1 nitrogen and oxygen atoms in total. The molecular formula is C13H10Cl2OS. The summed E-state index contributed by atoms with van der Waals surface area (Å²) in [5.41, 5.74) is 0.808. The van der Waals surface area contributed by atoms with Crippen molar-refractivity contribution < 1.29 is 5.11 Å². The molecule has 4 heteroatoms. The Bertz CT molecular complexity index is 529. The Morgan fingerprint density at radius 3 is 2.35 bits per heavy atom. The van der Waals surface area contributed by atoms with Gasteiger partial charge in [0.1, 0.15) is 0 Å². The summed E-state index contributed by atoms with van der Waals surface area (Å²) >= 11 is 13.7. The first kappa shape index (κ1) is 12.8. The molecule has 0 unspecified atom stereocenters. The van der Waals surface area contributed by atoms with Crippen LogP contribution in [0.3, 0.4) is 0 Å². The molecule has 0 aliphatic carbocycles. The second-order valence-electron chi connectivity index (χ2n) is 3.42. The fourth-order valence-corrected chi connectivity index (χ4v) is 2.95. The molecule has 88 valence electrons. The van der Waals surface area contributed by atoms with Gasteiger partial charge in [0.2, 0.25) is 0 Å². The Morgan fingerprint density at radius 1 is 0.941 bits per heavy atom. The van der Waals surface area contributed by atoms with E-state index in [2.05, 4.69) is 0 Å². The van der Waals surface area contributed by atoms with Gasteiger partial charge in [-0.05, 0) is 23.8 Å². The van der Waals surface area contributed by atoms with Crippen molar-refractivity contribution in [3.63, 3.8) is 0 Å². The highest BCUT2D eigenvalue weighted by Gasteiger charge is 2.09. The molecule has 2 aromatic carbocycles. The van der Waals surface area contributed by atoms with Crippen LogP contribution in [0.1, 0.15) is 5.56 Å². The molecule has 2 rings (SSSR count). The zero-order chi connectivity index (χ0) is 12.3. The van der Waals surface area contributed by atoms with Gasteiger partial charge in [-0.1, -0.05) is 59.2 Å².